The number of likely N-dealkylation sites (N-methyl/N-ethyl adjacent to an activating group) is 1. The molecule has 4 amide bonds. The van der Waals surface area contributed by atoms with Crippen LogP contribution < -0.4 is 5.73 Å². The second-order valence-electron chi connectivity index (χ2n) is 5.53. The van der Waals surface area contributed by atoms with Gasteiger partial charge in [0.1, 0.15) is 6.54 Å². The number of amides is 4. The quantitative estimate of drug-likeness (QED) is 0.663. The molecule has 1 saturated heterocycles. The van der Waals surface area contributed by atoms with E-state index in [1.165, 1.54) is 22.9 Å². The van der Waals surface area contributed by atoms with Gasteiger partial charge in [0, 0.05) is 7.05 Å². The van der Waals surface area contributed by atoms with Gasteiger partial charge in [-0.2, -0.15) is 4.98 Å². The maximum atomic E-state index is 12.8. The SMILES string of the molecule is Cc1noc(CN2C(=O)C3C(=NC=[N+]3[C@@H](C)C(N)=O)N(C)C2=O)n1. The van der Waals surface area contributed by atoms with Gasteiger partial charge in [0.15, 0.2) is 11.9 Å². The van der Waals surface area contributed by atoms with Crippen molar-refractivity contribution in [3.63, 3.8) is 0 Å². The zero-order valence-electron chi connectivity index (χ0n) is 13.3. The Hall–Kier alpha value is -3.11. The Morgan fingerprint density at radius 2 is 2.21 bits per heavy atom. The molecule has 2 aliphatic heterocycles. The lowest BCUT2D eigenvalue weighted by Crippen LogP contribution is -2.63. The van der Waals surface area contributed by atoms with Crippen molar-refractivity contribution < 1.29 is 23.5 Å². The minimum Gasteiger partial charge on any atom is -0.366 e. The molecule has 3 heterocycles. The fraction of sp³-hybridized carbons (Fsp3) is 0.462. The van der Waals surface area contributed by atoms with Crippen LogP contribution in [0.25, 0.3) is 0 Å². The molecule has 2 atom stereocenters. The van der Waals surface area contributed by atoms with Crippen LogP contribution in [-0.4, -0.2) is 73.7 Å². The zero-order chi connectivity index (χ0) is 17.6. The normalized spacial score (nSPS) is 21.5. The molecule has 0 radical (unpaired) electrons. The summed E-state index contributed by atoms with van der Waals surface area (Å²) in [4.78, 5) is 47.0. The molecule has 0 aromatic carbocycles. The standard InChI is InChI=1S/C13H15N7O4/c1-6(10(14)21)20-5-15-11-9(20)12(22)19(13(23)18(11)3)4-8-16-7(2)17-24-8/h5-6,9H,4H2,1-3H3,(H-,14,21)/p+1/t6-,9?/m0/s1. The Bertz CT molecular complexity index is 796. The van der Waals surface area contributed by atoms with Crippen LogP contribution in [0.3, 0.4) is 0 Å². The van der Waals surface area contributed by atoms with E-state index in [4.69, 9.17) is 10.3 Å². The first-order valence-electron chi connectivity index (χ1n) is 7.17. The van der Waals surface area contributed by atoms with E-state index in [9.17, 15) is 14.4 Å². The molecule has 0 bridgehead atoms. The third-order valence-electron chi connectivity index (χ3n) is 3.95. The average Bonchev–Trinajstić information content (AvgIpc) is 3.15. The summed E-state index contributed by atoms with van der Waals surface area (Å²) in [6.45, 7) is 3.03. The number of amidine groups is 1. The highest BCUT2D eigenvalue weighted by Gasteiger charge is 2.53. The molecule has 0 spiro atoms. The first-order valence-corrected chi connectivity index (χ1v) is 7.17. The van der Waals surface area contributed by atoms with E-state index < -0.39 is 29.9 Å². The molecule has 1 aromatic rings. The fourth-order valence-corrected chi connectivity index (χ4v) is 2.58. The first kappa shape index (κ1) is 15.8. The van der Waals surface area contributed by atoms with E-state index in [1.54, 1.807) is 13.8 Å². The van der Waals surface area contributed by atoms with E-state index in [0.717, 1.165) is 4.90 Å². The van der Waals surface area contributed by atoms with Crippen LogP contribution in [0.1, 0.15) is 18.6 Å². The van der Waals surface area contributed by atoms with Gasteiger partial charge in [-0.1, -0.05) is 5.16 Å². The van der Waals surface area contributed by atoms with Crippen LogP contribution in [0.2, 0.25) is 0 Å². The lowest BCUT2D eigenvalue weighted by atomic mass is 10.1. The van der Waals surface area contributed by atoms with E-state index in [0.29, 0.717) is 5.82 Å². The van der Waals surface area contributed by atoms with Crippen LogP contribution in [0.4, 0.5) is 4.79 Å². The Balaban J connectivity index is 1.91. The van der Waals surface area contributed by atoms with Gasteiger partial charge in [0.05, 0.1) is 0 Å². The maximum Gasteiger partial charge on any atom is 0.334 e. The molecule has 24 heavy (non-hydrogen) atoms. The van der Waals surface area contributed by atoms with Crippen molar-refractivity contribution in [2.45, 2.75) is 32.5 Å². The van der Waals surface area contributed by atoms with Crippen LogP contribution in [0.5, 0.6) is 0 Å². The number of aryl methyl sites for hydroxylation is 1. The summed E-state index contributed by atoms with van der Waals surface area (Å²) < 4.78 is 6.40. The molecular weight excluding hydrogens is 318 g/mol. The van der Waals surface area contributed by atoms with Crippen molar-refractivity contribution >= 4 is 30.0 Å². The smallest absolute Gasteiger partial charge is 0.334 e. The number of nitrogens with two attached hydrogens (primary N) is 1. The second-order valence-corrected chi connectivity index (χ2v) is 5.53. The Labute approximate surface area is 136 Å². The van der Waals surface area contributed by atoms with Gasteiger partial charge in [-0.15, -0.1) is 0 Å². The van der Waals surface area contributed by atoms with Crippen molar-refractivity contribution in [1.29, 1.82) is 0 Å². The van der Waals surface area contributed by atoms with Crippen LogP contribution in [-0.2, 0) is 16.1 Å². The predicted octanol–water partition coefficient (Wildman–Crippen LogP) is -1.53. The van der Waals surface area contributed by atoms with E-state index in [1.807, 2.05) is 0 Å². The third-order valence-corrected chi connectivity index (χ3v) is 3.95. The molecule has 2 aliphatic rings. The third kappa shape index (κ3) is 2.33. The number of aliphatic imine (C=N–C) groups is 1. The monoisotopic (exact) mass is 334 g/mol. The lowest BCUT2D eigenvalue weighted by molar-refractivity contribution is -0.551. The van der Waals surface area contributed by atoms with Crippen LogP contribution in [0, 0.1) is 6.92 Å². The zero-order valence-corrected chi connectivity index (χ0v) is 13.3. The van der Waals surface area contributed by atoms with Crippen molar-refractivity contribution in [2.75, 3.05) is 7.05 Å². The number of nitrogens with zero attached hydrogens (tertiary/aromatic N) is 6. The summed E-state index contributed by atoms with van der Waals surface area (Å²) in [5, 5.41) is 3.63. The number of hydrogen-bond acceptors (Lipinski definition) is 7. The molecule has 0 aliphatic carbocycles. The number of hydrogen-bond donors (Lipinski definition) is 1. The Morgan fingerprint density at radius 1 is 1.50 bits per heavy atom. The molecule has 126 valence electrons. The Kier molecular flexibility index (Phi) is 3.62. The van der Waals surface area contributed by atoms with E-state index in [2.05, 4.69) is 15.1 Å². The van der Waals surface area contributed by atoms with E-state index in [-0.39, 0.29) is 18.3 Å². The summed E-state index contributed by atoms with van der Waals surface area (Å²) >= 11 is 0. The molecule has 0 saturated carbocycles. The molecule has 3 rings (SSSR count). The topological polar surface area (TPSA) is 138 Å². The van der Waals surface area contributed by atoms with Gasteiger partial charge in [-0.05, 0) is 18.8 Å². The average molecular weight is 334 g/mol. The highest BCUT2D eigenvalue weighted by Crippen LogP contribution is 2.21. The highest BCUT2D eigenvalue weighted by molar-refractivity contribution is 6.21. The molecule has 11 heteroatoms. The summed E-state index contributed by atoms with van der Waals surface area (Å²) in [6.07, 6.45) is 1.34. The molecule has 1 unspecified atom stereocenters. The summed E-state index contributed by atoms with van der Waals surface area (Å²) in [5.74, 6) is -0.352. The molecular formula is C13H16N7O4+. The van der Waals surface area contributed by atoms with Crippen molar-refractivity contribution in [3.8, 4) is 0 Å². The van der Waals surface area contributed by atoms with Crippen molar-refractivity contribution in [3.05, 3.63) is 11.7 Å². The number of imide groups is 1. The minimum atomic E-state index is -0.904. The highest BCUT2D eigenvalue weighted by atomic mass is 16.5. The Morgan fingerprint density at radius 3 is 2.79 bits per heavy atom. The van der Waals surface area contributed by atoms with Gasteiger partial charge in [-0.3, -0.25) is 19.4 Å². The van der Waals surface area contributed by atoms with Crippen LogP contribution in [0.15, 0.2) is 9.52 Å². The van der Waals surface area contributed by atoms with Crippen LogP contribution >= 0.6 is 0 Å². The lowest BCUT2D eigenvalue weighted by Gasteiger charge is -2.32. The van der Waals surface area contributed by atoms with Gasteiger partial charge in [0.25, 0.3) is 30.0 Å². The van der Waals surface area contributed by atoms with Gasteiger partial charge < -0.3 is 10.3 Å². The number of fused-ring (bicyclic) bond motifs is 1. The largest absolute Gasteiger partial charge is 0.366 e. The number of carbonyl (C=O) groups excluding carboxylic acids is 3. The molecule has 1 fully saturated rings. The number of rotatable bonds is 4. The summed E-state index contributed by atoms with van der Waals surface area (Å²) in [5.41, 5.74) is 5.32. The van der Waals surface area contributed by atoms with Gasteiger partial charge in [-0.25, -0.2) is 9.37 Å². The van der Waals surface area contributed by atoms with Gasteiger partial charge in [0.2, 0.25) is 5.89 Å². The first-order chi connectivity index (χ1) is 11.3. The number of primary amides is 1. The molecule has 11 nitrogen and oxygen atoms in total. The minimum absolute atomic E-state index is 0.138. The molecule has 1 aromatic heterocycles. The van der Waals surface area contributed by atoms with E-state index >= 15 is 0 Å². The van der Waals surface area contributed by atoms with Crippen molar-refractivity contribution in [1.82, 2.24) is 19.9 Å². The number of aromatic nitrogens is 2. The maximum absolute atomic E-state index is 12.8. The number of carbonyl (C=O) groups is 3. The second kappa shape index (κ2) is 5.51. The summed E-state index contributed by atoms with van der Waals surface area (Å²) in [7, 11) is 1.50. The predicted molar refractivity (Wildman–Crippen MR) is 78.9 cm³/mol. The fourth-order valence-electron chi connectivity index (χ4n) is 2.58. The van der Waals surface area contributed by atoms with Gasteiger partial charge >= 0.3 is 6.03 Å². The molecule has 2 N–H and O–H groups in total. The van der Waals surface area contributed by atoms with Crippen molar-refractivity contribution in [2.24, 2.45) is 10.7 Å². The number of urea groups is 1. The summed E-state index contributed by atoms with van der Waals surface area (Å²) in [6, 6.07) is -2.22.